The molecule has 1 aliphatic rings. The van der Waals surface area contributed by atoms with Gasteiger partial charge in [-0.2, -0.15) is 0 Å². The fourth-order valence-electron chi connectivity index (χ4n) is 1.50. The maximum Gasteiger partial charge on any atom is 0.351 e. The van der Waals surface area contributed by atoms with E-state index in [2.05, 4.69) is 9.99 Å². The molecule has 0 saturated heterocycles. The van der Waals surface area contributed by atoms with Crippen molar-refractivity contribution in [3.63, 3.8) is 0 Å². The number of hydrogen-bond acceptors (Lipinski definition) is 4. The number of oxime groups is 1. The van der Waals surface area contributed by atoms with Crippen LogP contribution in [0.5, 0.6) is 0 Å². The number of Topliss-reactive ketones (excluding diaryl/α,β-unsaturated/α-hetero) is 1. The van der Waals surface area contributed by atoms with Crippen LogP contribution in [0.4, 0.5) is 0 Å². The molecule has 0 radical (unpaired) electrons. The normalized spacial score (nSPS) is 19.7. The second-order valence-corrected chi connectivity index (χ2v) is 3.30. The molecule has 1 aliphatic heterocycles. The number of nitrogens with zero attached hydrogens (tertiary/aromatic N) is 1. The van der Waals surface area contributed by atoms with Crippen molar-refractivity contribution in [2.45, 2.75) is 6.92 Å². The predicted octanol–water partition coefficient (Wildman–Crippen LogP) is 1.15. The molecular formula is C11H9NO3. The molecule has 0 aliphatic carbocycles. The van der Waals surface area contributed by atoms with Gasteiger partial charge in [0, 0.05) is 5.56 Å². The Balaban J connectivity index is 2.38. The van der Waals surface area contributed by atoms with Crippen LogP contribution in [-0.2, 0) is 14.4 Å². The van der Waals surface area contributed by atoms with E-state index in [4.69, 9.17) is 0 Å². The van der Waals surface area contributed by atoms with E-state index >= 15 is 0 Å². The molecule has 0 bridgehead atoms. The molecule has 1 aromatic rings. The minimum absolute atomic E-state index is 0.250. The highest BCUT2D eigenvalue weighted by Crippen LogP contribution is 2.19. The molecule has 4 heteroatoms. The van der Waals surface area contributed by atoms with Crippen LogP contribution in [0.25, 0.3) is 0 Å². The van der Waals surface area contributed by atoms with Gasteiger partial charge in [-0.15, -0.1) is 0 Å². The fraction of sp³-hybridized carbons (Fsp3) is 0.182. The number of carbonyl (C=O) groups excluding carboxylic acids is 2. The first kappa shape index (κ1) is 9.58. The first-order valence-corrected chi connectivity index (χ1v) is 4.55. The van der Waals surface area contributed by atoms with Crippen LogP contribution < -0.4 is 0 Å². The Kier molecular flexibility index (Phi) is 2.33. The van der Waals surface area contributed by atoms with E-state index in [0.717, 1.165) is 5.56 Å². The van der Waals surface area contributed by atoms with Gasteiger partial charge < -0.3 is 4.84 Å². The third kappa shape index (κ3) is 1.66. The molecule has 0 amide bonds. The summed E-state index contributed by atoms with van der Waals surface area (Å²) in [6, 6.07) is 9.06. The van der Waals surface area contributed by atoms with Gasteiger partial charge in [-0.05, 0) is 6.92 Å². The van der Waals surface area contributed by atoms with Crippen molar-refractivity contribution in [2.24, 2.45) is 11.1 Å². The van der Waals surface area contributed by atoms with Crippen LogP contribution in [-0.4, -0.2) is 17.5 Å². The van der Waals surface area contributed by atoms with Crippen LogP contribution in [0, 0.1) is 5.92 Å². The average Bonchev–Trinajstić information content (AvgIpc) is 2.61. The standard InChI is InChI=1S/C11H9NO3/c1-7(13)9-10(12-15-11(9)14)8-5-3-2-4-6-8/h2-6,9H,1H3/t9-/m0/s1. The quantitative estimate of drug-likeness (QED) is 0.535. The molecule has 0 aromatic heterocycles. The lowest BCUT2D eigenvalue weighted by Gasteiger charge is -2.04. The van der Waals surface area contributed by atoms with Crippen molar-refractivity contribution in [1.82, 2.24) is 0 Å². The van der Waals surface area contributed by atoms with E-state index in [1.807, 2.05) is 18.2 Å². The Labute approximate surface area is 86.5 Å². The second kappa shape index (κ2) is 3.65. The van der Waals surface area contributed by atoms with E-state index in [9.17, 15) is 9.59 Å². The zero-order chi connectivity index (χ0) is 10.8. The minimum atomic E-state index is -0.868. The number of carbonyl (C=O) groups is 2. The number of benzene rings is 1. The third-order valence-electron chi connectivity index (χ3n) is 2.22. The minimum Gasteiger partial charge on any atom is -0.317 e. The zero-order valence-electron chi connectivity index (χ0n) is 8.14. The van der Waals surface area contributed by atoms with Crippen LogP contribution in [0.2, 0.25) is 0 Å². The van der Waals surface area contributed by atoms with Gasteiger partial charge in [0.2, 0.25) is 0 Å². The van der Waals surface area contributed by atoms with E-state index in [1.165, 1.54) is 6.92 Å². The highest BCUT2D eigenvalue weighted by atomic mass is 16.7. The van der Waals surface area contributed by atoms with Gasteiger partial charge in [-0.3, -0.25) is 4.79 Å². The second-order valence-electron chi connectivity index (χ2n) is 3.30. The summed E-state index contributed by atoms with van der Waals surface area (Å²) in [6.07, 6.45) is 0. The molecule has 1 aromatic carbocycles. The van der Waals surface area contributed by atoms with Crippen molar-refractivity contribution >= 4 is 17.5 Å². The summed E-state index contributed by atoms with van der Waals surface area (Å²) in [7, 11) is 0. The summed E-state index contributed by atoms with van der Waals surface area (Å²) in [6.45, 7) is 1.36. The molecule has 0 saturated carbocycles. The van der Waals surface area contributed by atoms with Crippen LogP contribution in [0.15, 0.2) is 35.5 Å². The monoisotopic (exact) mass is 203 g/mol. The van der Waals surface area contributed by atoms with Crippen molar-refractivity contribution in [3.8, 4) is 0 Å². The Morgan fingerprint density at radius 2 is 2.00 bits per heavy atom. The molecule has 0 fully saturated rings. The van der Waals surface area contributed by atoms with Gasteiger partial charge in [0.15, 0.2) is 5.92 Å². The molecule has 15 heavy (non-hydrogen) atoms. The number of ketones is 1. The maximum absolute atomic E-state index is 11.3. The molecule has 0 N–H and O–H groups in total. The van der Waals surface area contributed by atoms with Gasteiger partial charge >= 0.3 is 5.97 Å². The SMILES string of the molecule is CC(=O)[C@@H]1C(=O)ON=C1c1ccccc1. The Morgan fingerprint density at radius 1 is 1.33 bits per heavy atom. The Hall–Kier alpha value is -1.97. The number of rotatable bonds is 2. The Bertz CT molecular complexity index is 436. The largest absolute Gasteiger partial charge is 0.351 e. The average molecular weight is 203 g/mol. The molecule has 0 spiro atoms. The lowest BCUT2D eigenvalue weighted by Crippen LogP contribution is -2.26. The van der Waals surface area contributed by atoms with Crippen molar-refractivity contribution in [3.05, 3.63) is 35.9 Å². The summed E-state index contributed by atoms with van der Waals surface area (Å²) in [5.74, 6) is -1.71. The first-order valence-electron chi connectivity index (χ1n) is 4.55. The fourth-order valence-corrected chi connectivity index (χ4v) is 1.50. The summed E-state index contributed by atoms with van der Waals surface area (Å²) >= 11 is 0. The van der Waals surface area contributed by atoms with Crippen LogP contribution >= 0.6 is 0 Å². The Morgan fingerprint density at radius 3 is 2.60 bits per heavy atom. The van der Waals surface area contributed by atoms with E-state index < -0.39 is 11.9 Å². The van der Waals surface area contributed by atoms with Crippen LogP contribution in [0.3, 0.4) is 0 Å². The smallest absolute Gasteiger partial charge is 0.317 e. The van der Waals surface area contributed by atoms with Crippen molar-refractivity contribution < 1.29 is 14.4 Å². The highest BCUT2D eigenvalue weighted by molar-refractivity contribution is 6.25. The highest BCUT2D eigenvalue weighted by Gasteiger charge is 2.37. The molecule has 76 valence electrons. The lowest BCUT2D eigenvalue weighted by atomic mass is 9.94. The molecule has 2 rings (SSSR count). The van der Waals surface area contributed by atoms with Crippen LogP contribution in [0.1, 0.15) is 12.5 Å². The molecule has 4 nitrogen and oxygen atoms in total. The van der Waals surface area contributed by atoms with Gasteiger partial charge in [-0.1, -0.05) is 35.5 Å². The molecule has 1 atom stereocenters. The van der Waals surface area contributed by atoms with Gasteiger partial charge in [0.05, 0.1) is 0 Å². The molecular weight excluding hydrogens is 194 g/mol. The number of hydrogen-bond donors (Lipinski definition) is 0. The predicted molar refractivity (Wildman–Crippen MR) is 53.2 cm³/mol. The maximum atomic E-state index is 11.3. The topological polar surface area (TPSA) is 55.7 Å². The molecule has 0 unspecified atom stereocenters. The van der Waals surface area contributed by atoms with Gasteiger partial charge in [0.25, 0.3) is 0 Å². The first-order chi connectivity index (χ1) is 7.20. The lowest BCUT2D eigenvalue weighted by molar-refractivity contribution is -0.145. The van der Waals surface area contributed by atoms with Crippen molar-refractivity contribution in [2.75, 3.05) is 0 Å². The van der Waals surface area contributed by atoms with E-state index in [-0.39, 0.29) is 5.78 Å². The third-order valence-corrected chi connectivity index (χ3v) is 2.22. The molecule has 1 heterocycles. The van der Waals surface area contributed by atoms with E-state index in [1.54, 1.807) is 12.1 Å². The van der Waals surface area contributed by atoms with Gasteiger partial charge in [-0.25, -0.2) is 4.79 Å². The van der Waals surface area contributed by atoms with Gasteiger partial charge in [0.1, 0.15) is 11.5 Å². The van der Waals surface area contributed by atoms with E-state index in [0.29, 0.717) is 5.71 Å². The summed E-state index contributed by atoms with van der Waals surface area (Å²) in [5, 5.41) is 3.64. The van der Waals surface area contributed by atoms with Crippen molar-refractivity contribution in [1.29, 1.82) is 0 Å². The summed E-state index contributed by atoms with van der Waals surface area (Å²) < 4.78 is 0. The zero-order valence-corrected chi connectivity index (χ0v) is 8.14. The summed E-state index contributed by atoms with van der Waals surface area (Å²) in [5.41, 5.74) is 1.14. The summed E-state index contributed by atoms with van der Waals surface area (Å²) in [4.78, 5) is 27.0.